The molecule has 0 aliphatic rings. The number of hydrogen-bond donors (Lipinski definition) is 2. The number of nitrogens with zero attached hydrogens (tertiary/aromatic N) is 3. The number of hydrogen-bond acceptors (Lipinski definition) is 6. The SMILES string of the molecule is CSc1nc(C)nc(Nc2ccc(SC(F)(F)F)c(Cl)c2)c1N=CN. The molecule has 0 bridgehead atoms. The molecular weight excluding hydrogens is 395 g/mol. The number of aliphatic imine (C=N–C) groups is 1. The molecule has 0 radical (unpaired) electrons. The number of nitrogens with one attached hydrogen (secondary N) is 1. The first-order valence-corrected chi connectivity index (χ1v) is 9.14. The van der Waals surface area contributed by atoms with Crippen LogP contribution in [0.3, 0.4) is 0 Å². The Kier molecular flexibility index (Phi) is 6.42. The van der Waals surface area contributed by atoms with E-state index in [4.69, 9.17) is 17.3 Å². The standard InChI is InChI=1S/C14H13ClF3N5S2/c1-7-21-12(11(20-6-19)13(22-7)24-2)23-8-3-4-10(9(15)5-8)25-14(16,17)18/h3-6H,1-2H3,(H2,19,20)(H,21,22,23). The number of aromatic nitrogens is 2. The number of benzene rings is 1. The van der Waals surface area contributed by atoms with Crippen LogP contribution in [0.1, 0.15) is 5.82 Å². The van der Waals surface area contributed by atoms with Crippen LogP contribution in [-0.4, -0.2) is 28.1 Å². The fraction of sp³-hybridized carbons (Fsp3) is 0.214. The van der Waals surface area contributed by atoms with Gasteiger partial charge in [0.15, 0.2) is 5.82 Å². The molecule has 1 aromatic heterocycles. The minimum Gasteiger partial charge on any atom is -0.390 e. The van der Waals surface area contributed by atoms with Crippen LogP contribution in [0.25, 0.3) is 0 Å². The highest BCUT2D eigenvalue weighted by Crippen LogP contribution is 2.41. The van der Waals surface area contributed by atoms with Gasteiger partial charge in [-0.05, 0) is 43.1 Å². The molecule has 0 atom stereocenters. The molecule has 2 aromatic rings. The second-order valence-corrected chi connectivity index (χ2v) is 6.88. The molecule has 2 rings (SSSR count). The maximum absolute atomic E-state index is 12.5. The van der Waals surface area contributed by atoms with E-state index in [9.17, 15) is 13.2 Å². The van der Waals surface area contributed by atoms with Gasteiger partial charge in [0.1, 0.15) is 16.5 Å². The van der Waals surface area contributed by atoms with E-state index in [1.54, 1.807) is 6.92 Å². The smallest absolute Gasteiger partial charge is 0.390 e. The van der Waals surface area contributed by atoms with Crippen molar-refractivity contribution in [2.45, 2.75) is 22.4 Å². The fourth-order valence-corrected chi connectivity index (χ4v) is 3.29. The van der Waals surface area contributed by atoms with E-state index in [1.807, 2.05) is 6.26 Å². The number of aryl methyl sites for hydroxylation is 1. The summed E-state index contributed by atoms with van der Waals surface area (Å²) in [5.41, 5.74) is 1.87. The third-order valence-corrected chi connectivity index (χ3v) is 4.68. The second-order valence-electron chi connectivity index (χ2n) is 4.57. The average Bonchev–Trinajstić information content (AvgIpc) is 2.51. The van der Waals surface area contributed by atoms with Gasteiger partial charge in [-0.3, -0.25) is 0 Å². The fourth-order valence-electron chi connectivity index (χ4n) is 1.88. The lowest BCUT2D eigenvalue weighted by Crippen LogP contribution is -2.02. The Morgan fingerprint density at radius 2 is 2.04 bits per heavy atom. The van der Waals surface area contributed by atoms with Crippen LogP contribution in [0.15, 0.2) is 33.1 Å². The van der Waals surface area contributed by atoms with Gasteiger partial charge in [0, 0.05) is 10.6 Å². The minimum atomic E-state index is -4.40. The molecule has 0 aliphatic carbocycles. The molecule has 1 aromatic carbocycles. The zero-order chi connectivity index (χ0) is 18.6. The summed E-state index contributed by atoms with van der Waals surface area (Å²) in [6.45, 7) is 1.72. The van der Waals surface area contributed by atoms with Gasteiger partial charge in [-0.1, -0.05) is 11.6 Å². The third-order valence-electron chi connectivity index (χ3n) is 2.78. The molecule has 0 fully saturated rings. The average molecular weight is 408 g/mol. The Labute approximate surface area is 155 Å². The molecule has 5 nitrogen and oxygen atoms in total. The van der Waals surface area contributed by atoms with E-state index in [0.29, 0.717) is 28.0 Å². The zero-order valence-corrected chi connectivity index (χ0v) is 15.4. The van der Waals surface area contributed by atoms with Gasteiger partial charge in [0.05, 0.1) is 11.4 Å². The van der Waals surface area contributed by atoms with Gasteiger partial charge in [-0.25, -0.2) is 15.0 Å². The van der Waals surface area contributed by atoms with Crippen molar-refractivity contribution in [3.05, 3.63) is 29.0 Å². The molecule has 0 saturated carbocycles. The number of nitrogens with two attached hydrogens (primary N) is 1. The van der Waals surface area contributed by atoms with Crippen molar-refractivity contribution < 1.29 is 13.2 Å². The summed E-state index contributed by atoms with van der Waals surface area (Å²) < 4.78 is 37.4. The van der Waals surface area contributed by atoms with E-state index in [2.05, 4.69) is 20.3 Å². The number of thioether (sulfide) groups is 2. The second kappa shape index (κ2) is 8.15. The van der Waals surface area contributed by atoms with Crippen LogP contribution in [0.5, 0.6) is 0 Å². The topological polar surface area (TPSA) is 76.2 Å². The largest absolute Gasteiger partial charge is 0.446 e. The Morgan fingerprint density at radius 3 is 2.60 bits per heavy atom. The van der Waals surface area contributed by atoms with Crippen molar-refractivity contribution in [2.24, 2.45) is 10.7 Å². The van der Waals surface area contributed by atoms with Crippen molar-refractivity contribution in [3.63, 3.8) is 0 Å². The predicted molar refractivity (Wildman–Crippen MR) is 97.5 cm³/mol. The van der Waals surface area contributed by atoms with Crippen LogP contribution in [0, 0.1) is 6.92 Å². The highest BCUT2D eigenvalue weighted by Gasteiger charge is 2.30. The Balaban J connectivity index is 2.37. The quantitative estimate of drug-likeness (QED) is 0.309. The van der Waals surface area contributed by atoms with Gasteiger partial charge in [0.25, 0.3) is 0 Å². The van der Waals surface area contributed by atoms with Crippen LogP contribution < -0.4 is 11.1 Å². The Bertz CT molecular complexity index is 799. The van der Waals surface area contributed by atoms with Gasteiger partial charge in [-0.2, -0.15) is 13.2 Å². The number of alkyl halides is 3. The van der Waals surface area contributed by atoms with E-state index in [0.717, 1.165) is 6.34 Å². The van der Waals surface area contributed by atoms with Crippen molar-refractivity contribution >= 4 is 58.7 Å². The molecule has 11 heteroatoms. The van der Waals surface area contributed by atoms with Crippen LogP contribution in [0.4, 0.5) is 30.4 Å². The first kappa shape index (κ1) is 19.7. The van der Waals surface area contributed by atoms with Crippen LogP contribution in [-0.2, 0) is 0 Å². The molecule has 3 N–H and O–H groups in total. The van der Waals surface area contributed by atoms with Crippen LogP contribution >= 0.6 is 35.1 Å². The number of halogens is 4. The van der Waals surface area contributed by atoms with Crippen molar-refractivity contribution in [2.75, 3.05) is 11.6 Å². The lowest BCUT2D eigenvalue weighted by atomic mass is 10.3. The summed E-state index contributed by atoms with van der Waals surface area (Å²) in [5.74, 6) is 0.893. The highest BCUT2D eigenvalue weighted by molar-refractivity contribution is 8.00. The summed E-state index contributed by atoms with van der Waals surface area (Å²) in [6, 6.07) is 4.16. The number of rotatable bonds is 5. The zero-order valence-electron chi connectivity index (χ0n) is 13.1. The summed E-state index contributed by atoms with van der Waals surface area (Å²) in [5, 5.41) is 3.59. The maximum Gasteiger partial charge on any atom is 0.446 e. The normalized spacial score (nSPS) is 11.9. The monoisotopic (exact) mass is 407 g/mol. The lowest BCUT2D eigenvalue weighted by Gasteiger charge is -2.13. The minimum absolute atomic E-state index is 0.0212. The molecule has 0 saturated heterocycles. The molecule has 1 heterocycles. The molecular formula is C14H13ClF3N5S2. The van der Waals surface area contributed by atoms with Crippen LogP contribution in [0.2, 0.25) is 5.02 Å². The van der Waals surface area contributed by atoms with Gasteiger partial charge in [0.2, 0.25) is 0 Å². The van der Waals surface area contributed by atoms with E-state index < -0.39 is 5.51 Å². The van der Waals surface area contributed by atoms with E-state index in [1.165, 1.54) is 30.0 Å². The molecule has 0 aliphatic heterocycles. The Morgan fingerprint density at radius 1 is 1.32 bits per heavy atom. The molecule has 0 amide bonds. The van der Waals surface area contributed by atoms with Crippen molar-refractivity contribution in [1.29, 1.82) is 0 Å². The molecule has 134 valence electrons. The van der Waals surface area contributed by atoms with E-state index in [-0.39, 0.29) is 21.7 Å². The Hall–Kier alpha value is -1.65. The van der Waals surface area contributed by atoms with Gasteiger partial charge >= 0.3 is 5.51 Å². The molecule has 25 heavy (non-hydrogen) atoms. The molecule has 0 unspecified atom stereocenters. The summed E-state index contributed by atoms with van der Waals surface area (Å²) in [4.78, 5) is 12.5. The van der Waals surface area contributed by atoms with Gasteiger partial charge in [-0.15, -0.1) is 11.8 Å². The maximum atomic E-state index is 12.5. The van der Waals surface area contributed by atoms with Crippen molar-refractivity contribution in [3.8, 4) is 0 Å². The van der Waals surface area contributed by atoms with E-state index >= 15 is 0 Å². The summed E-state index contributed by atoms with van der Waals surface area (Å²) >= 11 is 7.05. The predicted octanol–water partition coefficient (Wildman–Crippen LogP) is 5.13. The van der Waals surface area contributed by atoms with Crippen molar-refractivity contribution in [1.82, 2.24) is 9.97 Å². The lowest BCUT2D eigenvalue weighted by molar-refractivity contribution is -0.0328. The number of anilines is 2. The summed E-state index contributed by atoms with van der Waals surface area (Å²) in [7, 11) is 0. The third kappa shape index (κ3) is 5.41. The first-order chi connectivity index (χ1) is 11.7. The molecule has 0 spiro atoms. The summed E-state index contributed by atoms with van der Waals surface area (Å²) in [6.07, 6.45) is 2.95. The van der Waals surface area contributed by atoms with Gasteiger partial charge < -0.3 is 11.1 Å². The first-order valence-electron chi connectivity index (χ1n) is 6.72. The highest BCUT2D eigenvalue weighted by atomic mass is 35.5.